The van der Waals surface area contributed by atoms with Gasteiger partial charge < -0.3 is 27.4 Å². The lowest BCUT2D eigenvalue weighted by atomic mass is 10.0. The van der Waals surface area contributed by atoms with Gasteiger partial charge in [-0.1, -0.05) is 16.7 Å². The van der Waals surface area contributed by atoms with Crippen molar-refractivity contribution in [1.29, 1.82) is 0 Å². The van der Waals surface area contributed by atoms with E-state index < -0.39 is 0 Å². The molecule has 0 radical (unpaired) electrons. The third kappa shape index (κ3) is 3.51. The Kier molecular flexibility index (Phi) is 6.27. The third-order valence-electron chi connectivity index (χ3n) is 4.43. The molecule has 28 heavy (non-hydrogen) atoms. The number of hydrazine groups is 1. The van der Waals surface area contributed by atoms with Crippen molar-refractivity contribution in [3.8, 4) is 22.8 Å². The number of ether oxygens (including phenoxy) is 2. The molecule has 148 valence electrons. The van der Waals surface area contributed by atoms with Crippen LogP contribution < -0.4 is 37.4 Å². The Labute approximate surface area is 168 Å². The number of hydrogen-bond acceptors (Lipinski definition) is 5. The Morgan fingerprint density at radius 2 is 1.75 bits per heavy atom. The van der Waals surface area contributed by atoms with E-state index in [2.05, 4.69) is 16.9 Å². The van der Waals surface area contributed by atoms with Crippen molar-refractivity contribution in [2.24, 2.45) is 0 Å². The maximum Gasteiger partial charge on any atom is 0.327 e. The number of amides is 1. The largest absolute Gasteiger partial charge is 1.00 e. The summed E-state index contributed by atoms with van der Waals surface area (Å²) in [7, 11) is 3.21. The van der Waals surface area contributed by atoms with Crippen molar-refractivity contribution in [2.75, 3.05) is 19.6 Å². The molecule has 0 saturated carbocycles. The van der Waals surface area contributed by atoms with Crippen LogP contribution in [0, 0.1) is 6.92 Å². The van der Waals surface area contributed by atoms with E-state index in [1.807, 2.05) is 37.3 Å². The second kappa shape index (κ2) is 8.28. The van der Waals surface area contributed by atoms with Gasteiger partial charge in [0.25, 0.3) is 5.91 Å². The number of rotatable bonds is 3. The maximum atomic E-state index is 11.8. The Balaban J connectivity index is 0.00000140. The van der Waals surface area contributed by atoms with Crippen molar-refractivity contribution in [3.05, 3.63) is 42.0 Å². The zero-order chi connectivity index (χ0) is 18.3. The van der Waals surface area contributed by atoms with Gasteiger partial charge in [-0.25, -0.2) is 0 Å². The molecule has 1 aromatic heterocycles. The number of halogens is 1. The lowest BCUT2D eigenvalue weighted by Crippen LogP contribution is -3.00. The predicted octanol–water partition coefficient (Wildman–Crippen LogP) is -1.85. The van der Waals surface area contributed by atoms with Crippen LogP contribution in [0.1, 0.15) is 5.56 Å². The lowest BCUT2D eigenvalue weighted by molar-refractivity contribution is -0.729. The summed E-state index contributed by atoms with van der Waals surface area (Å²) in [5, 5.41) is 6.71. The summed E-state index contributed by atoms with van der Waals surface area (Å²) in [5.41, 5.74) is 8.40. The van der Waals surface area contributed by atoms with Crippen LogP contribution in [0.3, 0.4) is 0 Å². The van der Waals surface area contributed by atoms with E-state index in [1.54, 1.807) is 18.9 Å². The molecule has 2 aromatic carbocycles. The fourth-order valence-corrected chi connectivity index (χ4v) is 3.17. The average Bonchev–Trinajstić information content (AvgIpc) is 2.66. The minimum Gasteiger partial charge on any atom is -1.00 e. The molecule has 1 amide bonds. The molecule has 9 heteroatoms. The highest BCUT2D eigenvalue weighted by molar-refractivity contribution is 6.00. The molecule has 1 aliphatic heterocycles. The number of carbonyl (C=O) groups excluding carboxylic acids is 1. The minimum absolute atomic E-state index is 0. The first-order valence-corrected chi connectivity index (χ1v) is 8.22. The first kappa shape index (κ1) is 21.2. The first-order chi connectivity index (χ1) is 12.6. The van der Waals surface area contributed by atoms with Gasteiger partial charge in [0, 0.05) is 10.9 Å². The number of anilines is 1. The molecule has 4 N–H and O–H groups in total. The highest BCUT2D eigenvalue weighted by Gasteiger charge is 2.27. The van der Waals surface area contributed by atoms with Crippen LogP contribution in [0.5, 0.6) is 11.5 Å². The summed E-state index contributed by atoms with van der Waals surface area (Å²) in [6, 6.07) is 11.9. The zero-order valence-corrected chi connectivity index (χ0v) is 16.4. The average molecular weight is 405 g/mol. The van der Waals surface area contributed by atoms with Crippen LogP contribution in [0.4, 0.5) is 5.82 Å². The van der Waals surface area contributed by atoms with E-state index in [0.717, 1.165) is 33.4 Å². The highest BCUT2D eigenvalue weighted by Crippen LogP contribution is 2.35. The normalized spacial score (nSPS) is 12.0. The van der Waals surface area contributed by atoms with E-state index in [1.165, 1.54) is 0 Å². The molecule has 1 aliphatic rings. The Bertz CT molecular complexity index is 1040. The van der Waals surface area contributed by atoms with E-state index in [0.29, 0.717) is 11.5 Å². The van der Waals surface area contributed by atoms with Crippen LogP contribution in [-0.2, 0) is 11.3 Å². The Morgan fingerprint density at radius 3 is 2.46 bits per heavy atom. The molecule has 8 nitrogen and oxygen atoms in total. The van der Waals surface area contributed by atoms with Crippen LogP contribution in [0.25, 0.3) is 22.0 Å². The fraction of sp³-hybridized carbons (Fsp3) is 0.211. The van der Waals surface area contributed by atoms with Crippen LogP contribution in [0.2, 0.25) is 0 Å². The second-order valence-corrected chi connectivity index (χ2v) is 6.15. The number of aryl methyl sites for hydroxylation is 1. The minimum atomic E-state index is -0.139. The maximum absolute atomic E-state index is 11.8. The van der Waals surface area contributed by atoms with Gasteiger partial charge in [0.1, 0.15) is 5.69 Å². The van der Waals surface area contributed by atoms with Crippen molar-refractivity contribution in [1.82, 2.24) is 10.5 Å². The quantitative estimate of drug-likeness (QED) is 0.498. The summed E-state index contributed by atoms with van der Waals surface area (Å²) in [4.78, 5) is 11.8. The van der Waals surface area contributed by atoms with Crippen LogP contribution in [-0.4, -0.2) is 30.7 Å². The van der Waals surface area contributed by atoms with Gasteiger partial charge in [-0.3, -0.25) is 4.79 Å². The zero-order valence-electron chi connectivity index (χ0n) is 15.7. The molecule has 0 unspecified atom stereocenters. The molecule has 0 aliphatic carbocycles. The molecule has 2 heterocycles. The van der Waals surface area contributed by atoms with Crippen molar-refractivity contribution in [2.45, 2.75) is 13.5 Å². The number of nitrogens with zero attached hydrogens (tertiary/aromatic N) is 2. The molecule has 0 spiro atoms. The van der Waals surface area contributed by atoms with Crippen molar-refractivity contribution < 1.29 is 36.8 Å². The van der Waals surface area contributed by atoms with E-state index in [9.17, 15) is 4.79 Å². The van der Waals surface area contributed by atoms with Gasteiger partial charge in [0.05, 0.1) is 19.6 Å². The van der Waals surface area contributed by atoms with E-state index in [4.69, 9.17) is 14.6 Å². The van der Waals surface area contributed by atoms with Gasteiger partial charge >= 0.3 is 5.82 Å². The first-order valence-electron chi connectivity index (χ1n) is 8.22. The van der Waals surface area contributed by atoms with Crippen molar-refractivity contribution in [3.63, 3.8) is 0 Å². The number of fused-ring (bicyclic) bond motifs is 3. The number of benzene rings is 2. The lowest BCUT2D eigenvalue weighted by Gasteiger charge is -2.16. The van der Waals surface area contributed by atoms with Crippen LogP contribution in [0.15, 0.2) is 36.4 Å². The standard InChI is InChI=1S/C19H18N4O3.ClH.H2O/c1-11-4-6-13-14(8-11)18(22-23-10-17(24)20-21-19(13)23)12-5-7-15(25-2)16(9-12)26-3;;/h4-9H,10H2,1-3H3,(H,20,22,24);1H;1H2. The van der Waals surface area contributed by atoms with Crippen molar-refractivity contribution >= 4 is 22.5 Å². The van der Waals surface area contributed by atoms with E-state index >= 15 is 0 Å². The number of methoxy groups -OCH3 is 2. The van der Waals surface area contributed by atoms with Gasteiger partial charge in [0.15, 0.2) is 18.0 Å². The van der Waals surface area contributed by atoms with Gasteiger partial charge in [-0.2, -0.15) is 10.9 Å². The second-order valence-electron chi connectivity index (χ2n) is 6.15. The van der Waals surface area contributed by atoms with E-state index in [-0.39, 0.29) is 30.3 Å². The summed E-state index contributed by atoms with van der Waals surface area (Å²) >= 11 is 0. The smallest absolute Gasteiger partial charge is 0.327 e. The number of carbonyl (C=O) groups is 1. The highest BCUT2D eigenvalue weighted by atomic mass is 35.5. The van der Waals surface area contributed by atoms with Gasteiger partial charge in [-0.05, 0) is 37.3 Å². The number of hydrogen-bond donors (Lipinski definition) is 2. The molecule has 0 saturated heterocycles. The van der Waals surface area contributed by atoms with Crippen LogP contribution >= 0.6 is 0 Å². The summed E-state index contributed by atoms with van der Waals surface area (Å²) in [5.74, 6) is 1.91. The summed E-state index contributed by atoms with van der Waals surface area (Å²) in [6.07, 6.45) is 0. The Morgan fingerprint density at radius 1 is 1.00 bits per heavy atom. The summed E-state index contributed by atoms with van der Waals surface area (Å²) < 4.78 is 12.4. The molecule has 4 rings (SSSR count). The predicted molar refractivity (Wildman–Crippen MR) is 101 cm³/mol. The summed E-state index contributed by atoms with van der Waals surface area (Å²) in [6.45, 7) is 2.20. The Hall–Kier alpha value is -3.10. The van der Waals surface area contributed by atoms with Gasteiger partial charge in [-0.15, -0.1) is 4.68 Å². The molecule has 0 atom stereocenters. The monoisotopic (exact) mass is 404 g/mol. The third-order valence-corrected chi connectivity index (χ3v) is 4.43. The topological polar surface area (TPSA) is 108 Å². The SMILES string of the molecule is COc1ccc(-c2n[n+]3c(c4ccc(C)cc24)NNC(=O)C3)cc1OC.O.[Cl-]. The molecular weight excluding hydrogens is 384 g/mol. The number of nitrogens with one attached hydrogen (secondary N) is 2. The molecular formula is C19H21ClN4O4. The fourth-order valence-electron chi connectivity index (χ4n) is 3.17. The van der Waals surface area contributed by atoms with Gasteiger partial charge in [0.2, 0.25) is 0 Å². The number of aromatic nitrogens is 2. The molecule has 3 aromatic rings. The molecule has 0 fully saturated rings. The molecule has 0 bridgehead atoms.